The van der Waals surface area contributed by atoms with Crippen LogP contribution < -0.4 is 0 Å². The molecule has 0 saturated carbocycles. The van der Waals surface area contributed by atoms with Gasteiger partial charge >= 0.3 is 0 Å². The first kappa shape index (κ1) is 13.5. The van der Waals surface area contributed by atoms with Gasteiger partial charge in [0.25, 0.3) is 0 Å². The Bertz CT molecular complexity index is 238. The lowest BCUT2D eigenvalue weighted by molar-refractivity contribution is -0.137. The summed E-state index contributed by atoms with van der Waals surface area (Å²) in [5, 5.41) is 0. The Kier molecular flexibility index (Phi) is 4.78. The number of nitrogens with zero attached hydrogens (tertiary/aromatic N) is 1. The molecule has 0 aromatic heterocycles. The number of amides is 1. The summed E-state index contributed by atoms with van der Waals surface area (Å²) in [6.07, 6.45) is 5.89. The van der Waals surface area contributed by atoms with Gasteiger partial charge in [-0.1, -0.05) is 26.2 Å². The Labute approximate surface area is 99.1 Å². The van der Waals surface area contributed by atoms with Crippen LogP contribution in [0.4, 0.5) is 0 Å². The predicted octanol–water partition coefficient (Wildman–Crippen LogP) is 2.94. The van der Waals surface area contributed by atoms with Crippen molar-refractivity contribution in [3.05, 3.63) is 0 Å². The first-order valence-corrected chi connectivity index (χ1v) is 6.40. The van der Waals surface area contributed by atoms with Crippen molar-refractivity contribution in [1.82, 2.24) is 4.90 Å². The van der Waals surface area contributed by atoms with Crippen LogP contribution in [0.5, 0.6) is 0 Å². The van der Waals surface area contributed by atoms with Crippen LogP contribution in [0.1, 0.15) is 59.8 Å². The van der Waals surface area contributed by atoms with Crippen LogP contribution in [0.3, 0.4) is 0 Å². The highest BCUT2D eigenvalue weighted by molar-refractivity contribution is 5.74. The highest BCUT2D eigenvalue weighted by atomic mass is 16.5. The van der Waals surface area contributed by atoms with Crippen molar-refractivity contribution in [2.45, 2.75) is 71.6 Å². The third-order valence-corrected chi connectivity index (χ3v) is 3.21. The van der Waals surface area contributed by atoms with Gasteiger partial charge in [0.05, 0.1) is 12.1 Å². The van der Waals surface area contributed by atoms with Crippen molar-refractivity contribution >= 4 is 5.91 Å². The van der Waals surface area contributed by atoms with E-state index in [4.69, 9.17) is 4.74 Å². The van der Waals surface area contributed by atoms with Gasteiger partial charge in [-0.2, -0.15) is 0 Å². The fraction of sp³-hybridized carbons (Fsp3) is 0.923. The topological polar surface area (TPSA) is 29.5 Å². The monoisotopic (exact) mass is 227 g/mol. The fourth-order valence-electron chi connectivity index (χ4n) is 2.42. The van der Waals surface area contributed by atoms with E-state index in [0.29, 0.717) is 6.61 Å². The molecule has 0 spiro atoms. The molecule has 1 unspecified atom stereocenters. The van der Waals surface area contributed by atoms with E-state index >= 15 is 0 Å². The van der Waals surface area contributed by atoms with E-state index in [-0.39, 0.29) is 17.7 Å². The molecule has 1 heterocycles. The Hall–Kier alpha value is -0.570. The molecular formula is C13H25NO2. The lowest BCUT2D eigenvalue weighted by Gasteiger charge is -2.32. The standard InChI is InChI=1S/C13H25NO2/c1-5-6-7-8-9-12-14(11(2)15)13(3,4)10-16-12/h12H,5-10H2,1-4H3. The molecule has 0 aliphatic carbocycles. The summed E-state index contributed by atoms with van der Waals surface area (Å²) >= 11 is 0. The van der Waals surface area contributed by atoms with E-state index in [1.165, 1.54) is 19.3 Å². The maximum atomic E-state index is 11.6. The van der Waals surface area contributed by atoms with Gasteiger partial charge in [0.2, 0.25) is 5.91 Å². The molecule has 0 aromatic carbocycles. The van der Waals surface area contributed by atoms with Crippen LogP contribution in [0.25, 0.3) is 0 Å². The molecule has 1 fully saturated rings. The van der Waals surface area contributed by atoms with Crippen LogP contribution in [0.2, 0.25) is 0 Å². The highest BCUT2D eigenvalue weighted by Gasteiger charge is 2.41. The summed E-state index contributed by atoms with van der Waals surface area (Å²) in [6.45, 7) is 8.64. The summed E-state index contributed by atoms with van der Waals surface area (Å²) in [5.74, 6) is 0.128. The zero-order valence-electron chi connectivity index (χ0n) is 11.1. The highest BCUT2D eigenvalue weighted by Crippen LogP contribution is 2.29. The molecule has 1 atom stereocenters. The van der Waals surface area contributed by atoms with E-state index in [1.54, 1.807) is 6.92 Å². The van der Waals surface area contributed by atoms with Crippen molar-refractivity contribution in [3.8, 4) is 0 Å². The lowest BCUT2D eigenvalue weighted by atomic mass is 10.0. The smallest absolute Gasteiger partial charge is 0.222 e. The lowest BCUT2D eigenvalue weighted by Crippen LogP contribution is -2.47. The summed E-state index contributed by atoms with van der Waals surface area (Å²) in [6, 6.07) is 0. The maximum absolute atomic E-state index is 11.6. The van der Waals surface area contributed by atoms with Gasteiger partial charge in [-0.25, -0.2) is 0 Å². The van der Waals surface area contributed by atoms with Gasteiger partial charge < -0.3 is 9.64 Å². The van der Waals surface area contributed by atoms with E-state index in [9.17, 15) is 4.79 Å². The van der Waals surface area contributed by atoms with E-state index in [2.05, 4.69) is 20.8 Å². The predicted molar refractivity (Wildman–Crippen MR) is 65.1 cm³/mol. The summed E-state index contributed by atoms with van der Waals surface area (Å²) in [4.78, 5) is 13.5. The SMILES string of the molecule is CCCCCCC1OCC(C)(C)N1C(C)=O. The van der Waals surface area contributed by atoms with Gasteiger partial charge in [-0.05, 0) is 26.7 Å². The fourth-order valence-corrected chi connectivity index (χ4v) is 2.42. The first-order chi connectivity index (χ1) is 7.49. The quantitative estimate of drug-likeness (QED) is 0.676. The number of carbonyl (C=O) groups is 1. The van der Waals surface area contributed by atoms with Gasteiger partial charge in [-0.15, -0.1) is 0 Å². The molecule has 1 aliphatic rings. The molecule has 0 N–H and O–H groups in total. The molecule has 94 valence electrons. The summed E-state index contributed by atoms with van der Waals surface area (Å²) in [7, 11) is 0. The molecule has 0 bridgehead atoms. The van der Waals surface area contributed by atoms with Crippen molar-refractivity contribution in [2.24, 2.45) is 0 Å². The summed E-state index contributed by atoms with van der Waals surface area (Å²) < 4.78 is 5.73. The third kappa shape index (κ3) is 3.21. The van der Waals surface area contributed by atoms with Gasteiger partial charge in [-0.3, -0.25) is 4.79 Å². The third-order valence-electron chi connectivity index (χ3n) is 3.21. The number of unbranched alkanes of at least 4 members (excludes halogenated alkanes) is 3. The first-order valence-electron chi connectivity index (χ1n) is 6.40. The number of carbonyl (C=O) groups excluding carboxylic acids is 1. The van der Waals surface area contributed by atoms with Crippen LogP contribution in [-0.2, 0) is 9.53 Å². The molecule has 3 heteroatoms. The van der Waals surface area contributed by atoms with Crippen molar-refractivity contribution in [2.75, 3.05) is 6.61 Å². The van der Waals surface area contributed by atoms with Crippen LogP contribution in [-0.4, -0.2) is 29.2 Å². The number of rotatable bonds is 5. The Balaban J connectivity index is 2.44. The molecule has 0 radical (unpaired) electrons. The zero-order chi connectivity index (χ0) is 12.2. The Morgan fingerprint density at radius 1 is 1.38 bits per heavy atom. The number of hydrogen-bond acceptors (Lipinski definition) is 2. The van der Waals surface area contributed by atoms with Gasteiger partial charge in [0.15, 0.2) is 0 Å². The van der Waals surface area contributed by atoms with Crippen molar-refractivity contribution in [1.29, 1.82) is 0 Å². The average Bonchev–Trinajstić information content (AvgIpc) is 2.48. The van der Waals surface area contributed by atoms with Crippen LogP contribution in [0.15, 0.2) is 0 Å². The average molecular weight is 227 g/mol. The van der Waals surface area contributed by atoms with Crippen LogP contribution >= 0.6 is 0 Å². The number of hydrogen-bond donors (Lipinski definition) is 0. The van der Waals surface area contributed by atoms with Gasteiger partial charge in [0, 0.05) is 6.92 Å². The molecular weight excluding hydrogens is 202 g/mol. The van der Waals surface area contributed by atoms with E-state index in [1.807, 2.05) is 4.90 Å². The minimum atomic E-state index is -0.138. The van der Waals surface area contributed by atoms with E-state index in [0.717, 1.165) is 12.8 Å². The molecule has 1 saturated heterocycles. The van der Waals surface area contributed by atoms with Crippen molar-refractivity contribution in [3.63, 3.8) is 0 Å². The molecule has 1 aliphatic heterocycles. The molecule has 3 nitrogen and oxygen atoms in total. The largest absolute Gasteiger partial charge is 0.356 e. The second-order valence-electron chi connectivity index (χ2n) is 5.32. The Morgan fingerprint density at radius 2 is 2.06 bits per heavy atom. The van der Waals surface area contributed by atoms with Crippen molar-refractivity contribution < 1.29 is 9.53 Å². The van der Waals surface area contributed by atoms with Gasteiger partial charge in [0.1, 0.15) is 6.23 Å². The summed E-state index contributed by atoms with van der Waals surface area (Å²) in [5.41, 5.74) is -0.138. The molecule has 0 aromatic rings. The second kappa shape index (κ2) is 5.67. The minimum absolute atomic E-state index is 0.00403. The van der Waals surface area contributed by atoms with Crippen LogP contribution in [0, 0.1) is 0 Å². The number of ether oxygens (including phenoxy) is 1. The molecule has 1 amide bonds. The maximum Gasteiger partial charge on any atom is 0.222 e. The Morgan fingerprint density at radius 3 is 2.62 bits per heavy atom. The van der Waals surface area contributed by atoms with E-state index < -0.39 is 0 Å². The zero-order valence-corrected chi connectivity index (χ0v) is 11.1. The normalized spacial score (nSPS) is 23.8. The molecule has 16 heavy (non-hydrogen) atoms. The minimum Gasteiger partial charge on any atom is -0.356 e. The second-order valence-corrected chi connectivity index (χ2v) is 5.32. The molecule has 1 rings (SSSR count).